The maximum absolute atomic E-state index is 12.5. The van der Waals surface area contributed by atoms with Gasteiger partial charge in [-0.2, -0.15) is 4.98 Å². The van der Waals surface area contributed by atoms with E-state index in [1.54, 1.807) is 12.3 Å². The van der Waals surface area contributed by atoms with Gasteiger partial charge in [0.05, 0.1) is 6.04 Å². The van der Waals surface area contributed by atoms with Gasteiger partial charge in [0, 0.05) is 11.9 Å². The Balaban J connectivity index is 1.41. The Labute approximate surface area is 178 Å². The minimum atomic E-state index is -0.778. The Morgan fingerprint density at radius 2 is 1.74 bits per heavy atom. The van der Waals surface area contributed by atoms with Crippen LogP contribution in [0.3, 0.4) is 0 Å². The average molecular weight is 415 g/mol. The number of aryl methyl sites for hydroxylation is 1. The lowest BCUT2D eigenvalue weighted by Gasteiger charge is -2.19. The largest absolute Gasteiger partial charge is 0.450 e. The topological polar surface area (TPSA) is 98.5 Å². The lowest BCUT2D eigenvalue weighted by atomic mass is 9.99. The molecule has 0 bridgehead atoms. The van der Waals surface area contributed by atoms with Gasteiger partial charge < -0.3 is 10.1 Å². The van der Waals surface area contributed by atoms with E-state index in [-0.39, 0.29) is 11.9 Å². The standard InChI is InChI=1S/C23H21N5O3/c1-16-12-13-24-23-26-21(27-28(16)23)22(30)31-15-20(29)25-19(18-10-6-3-7-11-18)14-17-8-4-2-5-9-17/h2-13,19H,14-15H2,1H3,(H,25,29). The van der Waals surface area contributed by atoms with Gasteiger partial charge >= 0.3 is 5.97 Å². The number of nitrogens with zero attached hydrogens (tertiary/aromatic N) is 4. The molecule has 8 heteroatoms. The maximum Gasteiger partial charge on any atom is 0.378 e. The molecule has 4 aromatic rings. The highest BCUT2D eigenvalue weighted by Gasteiger charge is 2.19. The number of rotatable bonds is 7. The van der Waals surface area contributed by atoms with E-state index >= 15 is 0 Å². The van der Waals surface area contributed by atoms with Crippen LogP contribution in [0, 0.1) is 6.92 Å². The molecule has 0 aliphatic rings. The first-order valence-corrected chi connectivity index (χ1v) is 9.84. The molecule has 31 heavy (non-hydrogen) atoms. The molecule has 156 valence electrons. The SMILES string of the molecule is Cc1ccnc2nc(C(=O)OCC(=O)NC(Cc3ccccc3)c3ccccc3)nn12. The Bertz CT molecular complexity index is 1190. The van der Waals surface area contributed by atoms with Crippen LogP contribution in [0.4, 0.5) is 0 Å². The summed E-state index contributed by atoms with van der Waals surface area (Å²) in [6.45, 7) is 1.39. The highest BCUT2D eigenvalue weighted by molar-refractivity contribution is 5.88. The van der Waals surface area contributed by atoms with Crippen LogP contribution >= 0.6 is 0 Å². The minimum absolute atomic E-state index is 0.140. The second-order valence-corrected chi connectivity index (χ2v) is 7.03. The summed E-state index contributed by atoms with van der Waals surface area (Å²) in [4.78, 5) is 32.9. The second kappa shape index (κ2) is 9.17. The van der Waals surface area contributed by atoms with Gasteiger partial charge in [-0.25, -0.2) is 14.3 Å². The molecule has 0 radical (unpaired) electrons. The summed E-state index contributed by atoms with van der Waals surface area (Å²) >= 11 is 0. The van der Waals surface area contributed by atoms with Crippen LogP contribution in [0.2, 0.25) is 0 Å². The van der Waals surface area contributed by atoms with Gasteiger partial charge in [0.25, 0.3) is 17.5 Å². The third-order valence-electron chi connectivity index (χ3n) is 4.77. The molecular weight excluding hydrogens is 394 g/mol. The highest BCUT2D eigenvalue weighted by atomic mass is 16.5. The Kier molecular flexibility index (Phi) is 5.98. The molecule has 1 amide bonds. The van der Waals surface area contributed by atoms with Gasteiger partial charge in [-0.05, 0) is 30.5 Å². The monoisotopic (exact) mass is 415 g/mol. The van der Waals surface area contributed by atoms with Crippen molar-refractivity contribution in [3.05, 3.63) is 95.6 Å². The number of aromatic nitrogens is 4. The summed E-state index contributed by atoms with van der Waals surface area (Å²) in [5.74, 6) is -1.03. The fourth-order valence-electron chi connectivity index (χ4n) is 3.21. The summed E-state index contributed by atoms with van der Waals surface area (Å²) in [6.07, 6.45) is 2.20. The Morgan fingerprint density at radius 3 is 2.45 bits per heavy atom. The fraction of sp³-hybridized carbons (Fsp3) is 0.174. The van der Waals surface area contributed by atoms with Crippen molar-refractivity contribution >= 4 is 17.7 Å². The smallest absolute Gasteiger partial charge is 0.378 e. The quantitative estimate of drug-likeness (QED) is 0.466. The lowest BCUT2D eigenvalue weighted by Crippen LogP contribution is -2.33. The van der Waals surface area contributed by atoms with Crippen LogP contribution in [0.1, 0.15) is 33.5 Å². The molecule has 0 aliphatic carbocycles. The molecule has 0 spiro atoms. The van der Waals surface area contributed by atoms with Crippen molar-refractivity contribution in [3.8, 4) is 0 Å². The number of hydrogen-bond donors (Lipinski definition) is 1. The first-order chi connectivity index (χ1) is 15.1. The van der Waals surface area contributed by atoms with Gasteiger partial charge in [0.15, 0.2) is 6.61 Å². The molecule has 4 rings (SSSR count). The Morgan fingerprint density at radius 1 is 1.03 bits per heavy atom. The maximum atomic E-state index is 12.5. The van der Waals surface area contributed by atoms with Gasteiger partial charge in [-0.1, -0.05) is 60.7 Å². The predicted molar refractivity (Wildman–Crippen MR) is 113 cm³/mol. The van der Waals surface area contributed by atoms with Gasteiger partial charge in [0.2, 0.25) is 0 Å². The Hall–Kier alpha value is -4.07. The van der Waals surface area contributed by atoms with Crippen LogP contribution in [0.15, 0.2) is 72.9 Å². The van der Waals surface area contributed by atoms with Crippen molar-refractivity contribution in [2.24, 2.45) is 0 Å². The molecule has 0 saturated heterocycles. The zero-order chi connectivity index (χ0) is 21.6. The van der Waals surface area contributed by atoms with Crippen molar-refractivity contribution < 1.29 is 14.3 Å². The van der Waals surface area contributed by atoms with E-state index in [2.05, 4.69) is 20.4 Å². The number of carbonyl (C=O) groups is 2. The molecular formula is C23H21N5O3. The molecule has 1 unspecified atom stereocenters. The van der Waals surface area contributed by atoms with E-state index in [9.17, 15) is 9.59 Å². The average Bonchev–Trinajstić information content (AvgIpc) is 3.24. The molecule has 0 fully saturated rings. The normalized spacial score (nSPS) is 11.8. The lowest BCUT2D eigenvalue weighted by molar-refractivity contribution is -0.125. The number of carbonyl (C=O) groups excluding carboxylic acids is 2. The number of amides is 1. The number of fused-ring (bicyclic) bond motifs is 1. The zero-order valence-corrected chi connectivity index (χ0v) is 16.9. The first kappa shape index (κ1) is 20.2. The van der Waals surface area contributed by atoms with E-state index < -0.39 is 18.5 Å². The predicted octanol–water partition coefficient (Wildman–Crippen LogP) is 2.69. The molecule has 1 N–H and O–H groups in total. The summed E-state index contributed by atoms with van der Waals surface area (Å²) < 4.78 is 6.58. The van der Waals surface area contributed by atoms with Crippen LogP contribution in [0.25, 0.3) is 5.78 Å². The molecule has 2 heterocycles. The van der Waals surface area contributed by atoms with E-state index in [4.69, 9.17) is 4.74 Å². The van der Waals surface area contributed by atoms with Crippen molar-refractivity contribution in [2.45, 2.75) is 19.4 Å². The van der Waals surface area contributed by atoms with Crippen LogP contribution in [-0.2, 0) is 16.0 Å². The van der Waals surface area contributed by atoms with E-state index in [1.807, 2.05) is 67.6 Å². The number of benzene rings is 2. The molecule has 8 nitrogen and oxygen atoms in total. The molecule has 2 aromatic heterocycles. The van der Waals surface area contributed by atoms with Gasteiger partial charge in [0.1, 0.15) is 0 Å². The first-order valence-electron chi connectivity index (χ1n) is 9.84. The van der Waals surface area contributed by atoms with Crippen LogP contribution < -0.4 is 5.32 Å². The van der Waals surface area contributed by atoms with E-state index in [0.29, 0.717) is 12.2 Å². The van der Waals surface area contributed by atoms with Crippen LogP contribution in [-0.4, -0.2) is 38.1 Å². The fourth-order valence-corrected chi connectivity index (χ4v) is 3.21. The van der Waals surface area contributed by atoms with Crippen molar-refractivity contribution in [3.63, 3.8) is 0 Å². The third kappa shape index (κ3) is 4.92. The second-order valence-electron chi connectivity index (χ2n) is 7.03. The van der Waals surface area contributed by atoms with Gasteiger partial charge in [-0.3, -0.25) is 4.79 Å². The van der Waals surface area contributed by atoms with E-state index in [0.717, 1.165) is 16.8 Å². The highest BCUT2D eigenvalue weighted by Crippen LogP contribution is 2.18. The number of esters is 1. The van der Waals surface area contributed by atoms with Crippen molar-refractivity contribution in [1.82, 2.24) is 24.9 Å². The van der Waals surface area contributed by atoms with Gasteiger partial charge in [-0.15, -0.1) is 5.10 Å². The summed E-state index contributed by atoms with van der Waals surface area (Å²) in [5.41, 5.74) is 2.83. The van der Waals surface area contributed by atoms with Crippen LogP contribution in [0.5, 0.6) is 0 Å². The van der Waals surface area contributed by atoms with Crippen molar-refractivity contribution in [1.29, 1.82) is 0 Å². The minimum Gasteiger partial charge on any atom is -0.450 e. The van der Waals surface area contributed by atoms with E-state index in [1.165, 1.54) is 4.52 Å². The van der Waals surface area contributed by atoms with Crippen molar-refractivity contribution in [2.75, 3.05) is 6.61 Å². The zero-order valence-electron chi connectivity index (χ0n) is 16.9. The third-order valence-corrected chi connectivity index (χ3v) is 4.77. The molecule has 0 saturated carbocycles. The molecule has 0 aliphatic heterocycles. The number of ether oxygens (including phenoxy) is 1. The number of hydrogen-bond acceptors (Lipinski definition) is 6. The molecule has 2 aromatic carbocycles. The molecule has 1 atom stereocenters. The summed E-state index contributed by atoms with van der Waals surface area (Å²) in [7, 11) is 0. The summed E-state index contributed by atoms with van der Waals surface area (Å²) in [5, 5.41) is 7.04. The number of nitrogens with one attached hydrogen (secondary N) is 1. The summed E-state index contributed by atoms with van der Waals surface area (Å²) in [6, 6.07) is 21.0.